The van der Waals surface area contributed by atoms with Crippen molar-refractivity contribution in [3.8, 4) is 0 Å². The number of halogens is 1. The van der Waals surface area contributed by atoms with Gasteiger partial charge >= 0.3 is 0 Å². The molecule has 3 unspecified atom stereocenters. The van der Waals surface area contributed by atoms with Gasteiger partial charge in [0.15, 0.2) is 5.96 Å². The largest absolute Gasteiger partial charge is 0.356 e. The van der Waals surface area contributed by atoms with Gasteiger partial charge in [0.2, 0.25) is 0 Å². The molecule has 0 saturated heterocycles. The highest BCUT2D eigenvalue weighted by Crippen LogP contribution is 2.49. The molecule has 1 N–H and O–H groups in total. The number of fused-ring (bicyclic) bond motifs is 2. The van der Waals surface area contributed by atoms with E-state index in [0.29, 0.717) is 0 Å². The van der Waals surface area contributed by atoms with Crippen LogP contribution in [0.4, 0.5) is 0 Å². The number of aliphatic imine (C=N–C) groups is 1. The van der Waals surface area contributed by atoms with Gasteiger partial charge in [0, 0.05) is 26.0 Å². The van der Waals surface area contributed by atoms with Gasteiger partial charge in [0.25, 0.3) is 0 Å². The average molecular weight is 448 g/mol. The minimum Gasteiger partial charge on any atom is -0.356 e. The monoisotopic (exact) mass is 448 g/mol. The number of nitrogens with one attached hydrogen (secondary N) is 1. The smallest absolute Gasteiger partial charge is 0.193 e. The number of nitrogens with zero attached hydrogens (tertiary/aromatic N) is 3. The molecule has 0 radical (unpaired) electrons. The Hall–Kier alpha value is -0.370. The Bertz CT molecular complexity index is 530. The summed E-state index contributed by atoms with van der Waals surface area (Å²) in [6.07, 6.45) is 7.24. The van der Waals surface area contributed by atoms with E-state index in [4.69, 9.17) is 0 Å². The molecule has 4 nitrogen and oxygen atoms in total. The molecule has 3 rings (SSSR count). The van der Waals surface area contributed by atoms with Crippen molar-refractivity contribution in [1.29, 1.82) is 0 Å². The van der Waals surface area contributed by atoms with Gasteiger partial charge in [0.1, 0.15) is 0 Å². The number of thiazole rings is 1. The van der Waals surface area contributed by atoms with E-state index < -0.39 is 0 Å². The molecular formula is C17H29IN4S. The molecule has 2 saturated carbocycles. The second-order valence-corrected chi connectivity index (χ2v) is 7.97. The van der Waals surface area contributed by atoms with E-state index in [-0.39, 0.29) is 24.0 Å². The summed E-state index contributed by atoms with van der Waals surface area (Å²) in [7, 11) is 3.95. The van der Waals surface area contributed by atoms with Gasteiger partial charge in [-0.15, -0.1) is 35.3 Å². The molecule has 0 aliphatic heterocycles. The molecule has 23 heavy (non-hydrogen) atoms. The predicted molar refractivity (Wildman–Crippen MR) is 109 cm³/mol. The molecule has 2 aliphatic carbocycles. The van der Waals surface area contributed by atoms with Crippen molar-refractivity contribution in [2.24, 2.45) is 22.7 Å². The lowest BCUT2D eigenvalue weighted by atomic mass is 9.86. The Labute approximate surface area is 161 Å². The third-order valence-corrected chi connectivity index (χ3v) is 6.14. The first-order chi connectivity index (χ1) is 10.7. The Morgan fingerprint density at radius 2 is 2.26 bits per heavy atom. The Kier molecular flexibility index (Phi) is 7.13. The lowest BCUT2D eigenvalue weighted by Crippen LogP contribution is -2.39. The highest BCUT2D eigenvalue weighted by Gasteiger charge is 2.38. The average Bonchev–Trinajstić information content (AvgIpc) is 3.20. The summed E-state index contributed by atoms with van der Waals surface area (Å²) in [5, 5.41) is 6.79. The van der Waals surface area contributed by atoms with Gasteiger partial charge < -0.3 is 10.2 Å². The zero-order valence-corrected chi connectivity index (χ0v) is 17.6. The molecule has 0 spiro atoms. The molecule has 2 bridgehead atoms. The topological polar surface area (TPSA) is 40.5 Å². The summed E-state index contributed by atoms with van der Waals surface area (Å²) in [5.74, 6) is 4.00. The van der Waals surface area contributed by atoms with Gasteiger partial charge in [-0.2, -0.15) is 0 Å². The maximum Gasteiger partial charge on any atom is 0.193 e. The first-order valence-corrected chi connectivity index (χ1v) is 9.36. The van der Waals surface area contributed by atoms with Crippen LogP contribution in [0.2, 0.25) is 0 Å². The van der Waals surface area contributed by atoms with E-state index in [1.165, 1.54) is 32.1 Å². The van der Waals surface area contributed by atoms with Gasteiger partial charge in [-0.1, -0.05) is 6.42 Å². The molecule has 1 aromatic rings. The summed E-state index contributed by atoms with van der Waals surface area (Å²) in [5.41, 5.74) is 1.13. The number of guanidine groups is 1. The second-order valence-electron chi connectivity index (χ2n) is 6.91. The van der Waals surface area contributed by atoms with E-state index in [9.17, 15) is 0 Å². The SMILES string of the molecule is CN=C(NCCC1CC2CCC1C2)N(C)Cc1csc(C)n1.I. The van der Waals surface area contributed by atoms with E-state index in [0.717, 1.165) is 47.5 Å². The van der Waals surface area contributed by atoms with Crippen molar-refractivity contribution in [2.75, 3.05) is 20.6 Å². The summed E-state index contributed by atoms with van der Waals surface area (Å²) < 4.78 is 0. The Balaban J connectivity index is 0.00000192. The molecule has 130 valence electrons. The van der Waals surface area contributed by atoms with E-state index >= 15 is 0 Å². The standard InChI is InChI=1S/C17H28N4S.HI/c1-12-20-16(11-22-12)10-21(3)17(18-2)19-7-6-15-9-13-4-5-14(15)8-13;/h11,13-15H,4-10H2,1-3H3,(H,18,19);1H. The van der Waals surface area contributed by atoms with E-state index in [2.05, 4.69) is 39.5 Å². The second kappa shape index (κ2) is 8.65. The third kappa shape index (κ3) is 4.81. The van der Waals surface area contributed by atoms with Crippen LogP contribution in [0.1, 0.15) is 42.8 Å². The van der Waals surface area contributed by atoms with Crippen molar-refractivity contribution in [3.63, 3.8) is 0 Å². The molecule has 1 aromatic heterocycles. The number of aromatic nitrogens is 1. The highest BCUT2D eigenvalue weighted by atomic mass is 127. The summed E-state index contributed by atoms with van der Waals surface area (Å²) >= 11 is 1.71. The first kappa shape index (κ1) is 19.0. The van der Waals surface area contributed by atoms with Crippen LogP contribution < -0.4 is 5.32 Å². The van der Waals surface area contributed by atoms with Crippen LogP contribution in [-0.4, -0.2) is 36.5 Å². The quantitative estimate of drug-likeness (QED) is 0.422. The Morgan fingerprint density at radius 3 is 2.83 bits per heavy atom. The maximum absolute atomic E-state index is 4.53. The number of hydrogen-bond donors (Lipinski definition) is 1. The minimum atomic E-state index is 0. The summed E-state index contributed by atoms with van der Waals surface area (Å²) in [4.78, 5) is 11.1. The lowest BCUT2D eigenvalue weighted by molar-refractivity contribution is 0.313. The fourth-order valence-corrected chi connectivity index (χ4v) is 4.89. The van der Waals surface area contributed by atoms with Gasteiger partial charge in [-0.05, 0) is 50.4 Å². The fourth-order valence-electron chi connectivity index (χ4n) is 4.28. The van der Waals surface area contributed by atoms with Gasteiger partial charge in [0.05, 0.1) is 17.2 Å². The zero-order chi connectivity index (χ0) is 15.5. The van der Waals surface area contributed by atoms with Crippen molar-refractivity contribution in [1.82, 2.24) is 15.2 Å². The molecule has 6 heteroatoms. The predicted octanol–water partition coefficient (Wildman–Crippen LogP) is 3.90. The summed E-state index contributed by atoms with van der Waals surface area (Å²) in [6.45, 7) is 3.91. The van der Waals surface area contributed by atoms with E-state index in [1.807, 2.05) is 7.05 Å². The lowest BCUT2D eigenvalue weighted by Gasteiger charge is -2.24. The van der Waals surface area contributed by atoms with E-state index in [1.54, 1.807) is 11.3 Å². The zero-order valence-electron chi connectivity index (χ0n) is 14.4. The van der Waals surface area contributed by atoms with Crippen molar-refractivity contribution in [3.05, 3.63) is 16.1 Å². The first-order valence-electron chi connectivity index (χ1n) is 8.48. The molecule has 0 aromatic carbocycles. The van der Waals surface area contributed by atoms with Crippen molar-refractivity contribution >= 4 is 41.3 Å². The van der Waals surface area contributed by atoms with Crippen LogP contribution in [0.15, 0.2) is 10.4 Å². The molecule has 1 heterocycles. The van der Waals surface area contributed by atoms with Crippen LogP contribution in [0.3, 0.4) is 0 Å². The molecule has 2 aliphatic rings. The number of aryl methyl sites for hydroxylation is 1. The third-order valence-electron chi connectivity index (χ3n) is 5.32. The minimum absolute atomic E-state index is 0. The van der Waals surface area contributed by atoms with Crippen molar-refractivity contribution < 1.29 is 0 Å². The normalized spacial score (nSPS) is 26.2. The summed E-state index contributed by atoms with van der Waals surface area (Å²) in [6, 6.07) is 0. The molecule has 3 atom stereocenters. The molecule has 2 fully saturated rings. The van der Waals surface area contributed by atoms with Crippen LogP contribution in [0.5, 0.6) is 0 Å². The number of rotatable bonds is 5. The van der Waals surface area contributed by atoms with Crippen molar-refractivity contribution in [2.45, 2.75) is 45.6 Å². The van der Waals surface area contributed by atoms with Crippen LogP contribution in [-0.2, 0) is 6.54 Å². The number of hydrogen-bond acceptors (Lipinski definition) is 3. The highest BCUT2D eigenvalue weighted by molar-refractivity contribution is 14.0. The van der Waals surface area contributed by atoms with Gasteiger partial charge in [-0.25, -0.2) is 4.98 Å². The fraction of sp³-hybridized carbons (Fsp3) is 0.765. The molecular weight excluding hydrogens is 419 g/mol. The molecule has 0 amide bonds. The van der Waals surface area contributed by atoms with Crippen LogP contribution in [0.25, 0.3) is 0 Å². The van der Waals surface area contributed by atoms with Gasteiger partial charge in [-0.3, -0.25) is 4.99 Å². The van der Waals surface area contributed by atoms with Crippen LogP contribution >= 0.6 is 35.3 Å². The maximum atomic E-state index is 4.53. The van der Waals surface area contributed by atoms with Crippen LogP contribution in [0, 0.1) is 24.7 Å². The Morgan fingerprint density at radius 1 is 1.43 bits per heavy atom.